The second-order valence-electron chi connectivity index (χ2n) is 25.9. The molecule has 0 aromatic heterocycles. The van der Waals surface area contributed by atoms with E-state index < -0.39 is 26.5 Å². The number of quaternary nitrogens is 1. The molecule has 2 atom stereocenters. The highest BCUT2D eigenvalue weighted by molar-refractivity contribution is 7.47. The maximum atomic E-state index is 12.9. The normalized spacial score (nSPS) is 14.1. The molecule has 10 heteroatoms. The summed E-state index contributed by atoms with van der Waals surface area (Å²) in [5.41, 5.74) is 0. The molecule has 0 spiro atoms. The lowest BCUT2D eigenvalue weighted by molar-refractivity contribution is -0.870. The van der Waals surface area contributed by atoms with Crippen LogP contribution in [-0.2, 0) is 32.7 Å². The monoisotopic (exact) mass is 1320 g/mol. The molecule has 0 aliphatic heterocycles. The van der Waals surface area contributed by atoms with E-state index in [0.717, 1.165) is 122 Å². The molecule has 0 amide bonds. The van der Waals surface area contributed by atoms with Gasteiger partial charge in [-0.05, 0) is 135 Å². The fourth-order valence-electron chi connectivity index (χ4n) is 9.97. The maximum absolute atomic E-state index is 12.9. The molecule has 0 bridgehead atoms. The number of carbonyl (C=O) groups excluding carboxylic acids is 2. The summed E-state index contributed by atoms with van der Waals surface area (Å²) in [7, 11) is 1.44. The van der Waals surface area contributed by atoms with Gasteiger partial charge >= 0.3 is 19.8 Å². The number of esters is 2. The summed E-state index contributed by atoms with van der Waals surface area (Å²) < 4.78 is 34.7. The molecule has 0 heterocycles. The van der Waals surface area contributed by atoms with Gasteiger partial charge in [-0.3, -0.25) is 18.6 Å². The van der Waals surface area contributed by atoms with E-state index in [9.17, 15) is 19.0 Å². The second kappa shape index (κ2) is 72.6. The minimum Gasteiger partial charge on any atom is -0.462 e. The summed E-state index contributed by atoms with van der Waals surface area (Å²) in [4.78, 5) is 35.9. The fraction of sp³-hybridized carbons (Fsp3) is 0.643. The lowest BCUT2D eigenvalue weighted by atomic mass is 10.0. The van der Waals surface area contributed by atoms with Crippen LogP contribution in [0.5, 0.6) is 0 Å². The van der Waals surface area contributed by atoms with Gasteiger partial charge < -0.3 is 18.9 Å². The van der Waals surface area contributed by atoms with Crippen molar-refractivity contribution in [3.8, 4) is 0 Å². The molecule has 0 fully saturated rings. The molecule has 534 valence electrons. The molecule has 0 saturated carbocycles. The summed E-state index contributed by atoms with van der Waals surface area (Å²) in [6, 6.07) is 0. The Morgan fingerprint density at radius 1 is 0.340 bits per heavy atom. The first-order chi connectivity index (χ1) is 46.0. The molecule has 2 unspecified atom stereocenters. The van der Waals surface area contributed by atoms with E-state index in [-0.39, 0.29) is 32.0 Å². The van der Waals surface area contributed by atoms with Crippen LogP contribution in [0.2, 0.25) is 0 Å². The van der Waals surface area contributed by atoms with Gasteiger partial charge in [0.1, 0.15) is 19.8 Å². The fourth-order valence-corrected chi connectivity index (χ4v) is 10.7. The summed E-state index contributed by atoms with van der Waals surface area (Å²) in [5.74, 6) is -0.840. The molecule has 0 aromatic rings. The van der Waals surface area contributed by atoms with Crippen molar-refractivity contribution >= 4 is 19.8 Å². The van der Waals surface area contributed by atoms with Gasteiger partial charge in [-0.2, -0.15) is 0 Å². The van der Waals surface area contributed by atoms with Crippen molar-refractivity contribution in [2.45, 2.75) is 302 Å². The van der Waals surface area contributed by atoms with Crippen LogP contribution >= 0.6 is 7.82 Å². The Bertz CT molecular complexity index is 2200. The highest BCUT2D eigenvalue weighted by atomic mass is 31.2. The quantitative estimate of drug-likeness (QED) is 0.0211. The zero-order valence-electron chi connectivity index (χ0n) is 60.9. The van der Waals surface area contributed by atoms with E-state index in [2.05, 4.69) is 184 Å². The molecule has 1 N–H and O–H groups in total. The molecular weight excluding hydrogens is 1180 g/mol. The molecule has 0 aliphatic rings. The van der Waals surface area contributed by atoms with E-state index in [1.54, 1.807) is 0 Å². The topological polar surface area (TPSA) is 108 Å². The Balaban J connectivity index is 4.14. The number of phosphoric ester groups is 1. The average molecular weight is 1320 g/mol. The zero-order chi connectivity index (χ0) is 68.3. The second-order valence-corrected chi connectivity index (χ2v) is 27.4. The van der Waals surface area contributed by atoms with Gasteiger partial charge in [0.15, 0.2) is 6.10 Å². The Morgan fingerprint density at radius 2 is 0.606 bits per heavy atom. The van der Waals surface area contributed by atoms with Crippen molar-refractivity contribution in [1.82, 2.24) is 0 Å². The van der Waals surface area contributed by atoms with E-state index in [0.29, 0.717) is 17.4 Å². The van der Waals surface area contributed by atoms with Gasteiger partial charge in [-0.1, -0.05) is 319 Å². The Morgan fingerprint density at radius 3 is 0.915 bits per heavy atom. The van der Waals surface area contributed by atoms with Crippen LogP contribution in [0.3, 0.4) is 0 Å². The predicted molar refractivity (Wildman–Crippen MR) is 408 cm³/mol. The first-order valence-electron chi connectivity index (χ1n) is 37.9. The summed E-state index contributed by atoms with van der Waals surface area (Å²) in [6.07, 6.45) is 110. The van der Waals surface area contributed by atoms with Crippen LogP contribution in [0.25, 0.3) is 0 Å². The SMILES string of the molecule is CC/C=C\C/C=C\C/C=C\C/C=C\C/C=C\C/C=C\C/C=C\C/C=C\C/C=C\C/C=C\C/C=C\CCCCCC(=O)OC(COC(=O)CCCCCCCCCCCCCCCCCCCC/C=C\C/C=C\C/C=C\CCCCCCC)COP(=O)(O)OCC[N+](C)(C)C. The van der Waals surface area contributed by atoms with E-state index in [4.69, 9.17) is 18.5 Å². The Kier molecular flexibility index (Phi) is 69.1. The number of likely N-dealkylation sites (N-methyl/N-ethyl adjacent to an activating group) is 1. The highest BCUT2D eigenvalue weighted by Crippen LogP contribution is 2.43. The maximum Gasteiger partial charge on any atom is 0.472 e. The van der Waals surface area contributed by atoms with Crippen LogP contribution in [0.15, 0.2) is 170 Å². The highest BCUT2D eigenvalue weighted by Gasteiger charge is 2.27. The third kappa shape index (κ3) is 76.4. The van der Waals surface area contributed by atoms with E-state index in [1.807, 2.05) is 21.1 Å². The van der Waals surface area contributed by atoms with Crippen LogP contribution in [-0.4, -0.2) is 74.9 Å². The van der Waals surface area contributed by atoms with Crippen LogP contribution < -0.4 is 0 Å². The van der Waals surface area contributed by atoms with Crippen molar-refractivity contribution in [3.05, 3.63) is 170 Å². The zero-order valence-corrected chi connectivity index (χ0v) is 61.8. The molecule has 0 aliphatic carbocycles. The smallest absolute Gasteiger partial charge is 0.462 e. The number of carbonyl (C=O) groups is 2. The van der Waals surface area contributed by atoms with Crippen LogP contribution in [0.4, 0.5) is 0 Å². The summed E-state index contributed by atoms with van der Waals surface area (Å²) in [5, 5.41) is 0. The van der Waals surface area contributed by atoms with Gasteiger partial charge in [-0.15, -0.1) is 0 Å². The average Bonchev–Trinajstić information content (AvgIpc) is 1.56. The number of rotatable bonds is 68. The summed E-state index contributed by atoms with van der Waals surface area (Å²) >= 11 is 0. The number of hydrogen-bond acceptors (Lipinski definition) is 7. The van der Waals surface area contributed by atoms with Crippen LogP contribution in [0, 0.1) is 0 Å². The van der Waals surface area contributed by atoms with E-state index in [1.165, 1.54) is 141 Å². The molecular formula is C84H141NO8P+. The van der Waals surface area contributed by atoms with Crippen molar-refractivity contribution in [2.24, 2.45) is 0 Å². The molecule has 9 nitrogen and oxygen atoms in total. The Hall–Kier alpha value is -4.63. The largest absolute Gasteiger partial charge is 0.472 e. The minimum absolute atomic E-state index is 0.0169. The number of nitrogens with zero attached hydrogens (tertiary/aromatic N) is 1. The lowest BCUT2D eigenvalue weighted by Gasteiger charge is -2.24. The summed E-state index contributed by atoms with van der Waals surface area (Å²) in [6.45, 7) is 4.27. The lowest BCUT2D eigenvalue weighted by Crippen LogP contribution is -2.37. The third-order valence-electron chi connectivity index (χ3n) is 15.7. The first-order valence-corrected chi connectivity index (χ1v) is 39.4. The number of phosphoric acid groups is 1. The van der Waals surface area contributed by atoms with Gasteiger partial charge in [0.25, 0.3) is 0 Å². The first kappa shape index (κ1) is 89.4. The van der Waals surface area contributed by atoms with Crippen LogP contribution in [0.1, 0.15) is 296 Å². The molecule has 94 heavy (non-hydrogen) atoms. The van der Waals surface area contributed by atoms with Gasteiger partial charge in [-0.25, -0.2) is 4.57 Å². The van der Waals surface area contributed by atoms with Gasteiger partial charge in [0.05, 0.1) is 27.7 Å². The molecule has 0 saturated heterocycles. The van der Waals surface area contributed by atoms with Crippen molar-refractivity contribution in [3.63, 3.8) is 0 Å². The van der Waals surface area contributed by atoms with Crippen molar-refractivity contribution in [1.29, 1.82) is 0 Å². The third-order valence-corrected chi connectivity index (χ3v) is 16.7. The number of ether oxygens (including phenoxy) is 2. The van der Waals surface area contributed by atoms with Crippen molar-refractivity contribution in [2.75, 3.05) is 47.5 Å². The number of unbranched alkanes of at least 4 members (excludes halogenated alkanes) is 26. The van der Waals surface area contributed by atoms with Gasteiger partial charge in [0, 0.05) is 12.8 Å². The van der Waals surface area contributed by atoms with E-state index >= 15 is 0 Å². The van der Waals surface area contributed by atoms with Crippen molar-refractivity contribution < 1.29 is 42.1 Å². The molecule has 0 radical (unpaired) electrons. The number of hydrogen-bond donors (Lipinski definition) is 1. The molecule has 0 aromatic carbocycles. The number of allylic oxidation sites excluding steroid dienone is 28. The minimum atomic E-state index is -4.42. The molecule has 0 rings (SSSR count). The Labute approximate surface area is 578 Å². The standard InChI is InChI=1S/C84H140NO8P/c1-6-8-10-12-14-16-18-20-22-24-26-28-30-32-34-36-38-40-41-42-43-45-47-49-51-53-55-57-59-61-63-65-67-69-71-73-75-77-84(87)93-82(81-92-94(88,89)91-79-78-85(3,4)5)80-90-83(86)76-74-72-70-68-66-64-62-60-58-56-54-52-50-48-46-44-39-37-35-33-31-29-27-25-23-21-19-17-15-13-11-9-7-2/h8,10,14,16,19-22,25-28,31-34,38,40,42-43,47,49,53,55,59,61,65,67,82H,6-7,9,11-13,15,17-18,23-24,29-30,35-37,39,41,44-46,48,50-52,54,56-58,60,62-64,66,68-81H2,1-5H3/p+1/b10-8-,16-14-,21-19-,22-20-,27-25-,28-26-,33-31-,34-32-,40-38-,43-42-,49-47-,55-53-,61-59-,67-65-. The predicted octanol–water partition coefficient (Wildman–Crippen LogP) is 25.3. The van der Waals surface area contributed by atoms with Gasteiger partial charge in [0.2, 0.25) is 0 Å².